The summed E-state index contributed by atoms with van der Waals surface area (Å²) in [5, 5.41) is 3.20. The summed E-state index contributed by atoms with van der Waals surface area (Å²) in [7, 11) is 0. The molecule has 0 saturated carbocycles. The van der Waals surface area contributed by atoms with Crippen LogP contribution in [0.15, 0.2) is 24.3 Å². The van der Waals surface area contributed by atoms with Crippen molar-refractivity contribution < 1.29 is 9.53 Å². The van der Waals surface area contributed by atoms with Crippen molar-refractivity contribution in [3.05, 3.63) is 29.8 Å². The number of amides is 1. The third-order valence-electron chi connectivity index (χ3n) is 3.26. The molecule has 1 aromatic carbocycles. The van der Waals surface area contributed by atoms with Crippen molar-refractivity contribution in [2.24, 2.45) is 0 Å². The molecular formula is C16H26N2O2. The van der Waals surface area contributed by atoms with Crippen molar-refractivity contribution >= 4 is 5.91 Å². The topological polar surface area (TPSA) is 41.6 Å². The van der Waals surface area contributed by atoms with Crippen LogP contribution in [0.3, 0.4) is 0 Å². The molecule has 4 nitrogen and oxygen atoms in total. The van der Waals surface area contributed by atoms with Gasteiger partial charge in [-0.2, -0.15) is 0 Å². The van der Waals surface area contributed by atoms with Crippen LogP contribution in [-0.4, -0.2) is 43.1 Å². The van der Waals surface area contributed by atoms with Crippen LogP contribution in [0.5, 0.6) is 5.75 Å². The SMILES string of the molecule is CCN(CC)C(=O)C(C)NCCOc1cccc(C)c1. The maximum atomic E-state index is 12.0. The normalized spacial score (nSPS) is 12.0. The number of rotatable bonds is 8. The molecule has 0 saturated heterocycles. The fourth-order valence-electron chi connectivity index (χ4n) is 2.05. The lowest BCUT2D eigenvalue weighted by Crippen LogP contribution is -2.45. The quantitative estimate of drug-likeness (QED) is 0.741. The van der Waals surface area contributed by atoms with Gasteiger partial charge in [0.2, 0.25) is 5.91 Å². The number of carbonyl (C=O) groups is 1. The van der Waals surface area contributed by atoms with Crippen LogP contribution in [0.4, 0.5) is 0 Å². The minimum atomic E-state index is -0.170. The van der Waals surface area contributed by atoms with E-state index >= 15 is 0 Å². The van der Waals surface area contributed by atoms with Gasteiger partial charge in [0.1, 0.15) is 12.4 Å². The van der Waals surface area contributed by atoms with Gasteiger partial charge in [0.25, 0.3) is 0 Å². The molecule has 0 aliphatic heterocycles. The van der Waals surface area contributed by atoms with Crippen LogP contribution in [0.1, 0.15) is 26.3 Å². The lowest BCUT2D eigenvalue weighted by molar-refractivity contribution is -0.132. The van der Waals surface area contributed by atoms with E-state index in [-0.39, 0.29) is 11.9 Å². The standard InChI is InChI=1S/C16H26N2O2/c1-5-18(6-2)16(19)14(4)17-10-11-20-15-9-7-8-13(3)12-15/h7-9,12,14,17H,5-6,10-11H2,1-4H3. The lowest BCUT2D eigenvalue weighted by atomic mass is 10.2. The minimum absolute atomic E-state index is 0.144. The van der Waals surface area contributed by atoms with Crippen molar-refractivity contribution in [1.29, 1.82) is 0 Å². The molecular weight excluding hydrogens is 252 g/mol. The molecule has 112 valence electrons. The highest BCUT2D eigenvalue weighted by atomic mass is 16.5. The van der Waals surface area contributed by atoms with Crippen LogP contribution in [0, 0.1) is 6.92 Å². The maximum absolute atomic E-state index is 12.0. The second kappa shape index (κ2) is 8.59. The number of ether oxygens (including phenoxy) is 1. The average molecular weight is 278 g/mol. The zero-order valence-electron chi connectivity index (χ0n) is 13.0. The maximum Gasteiger partial charge on any atom is 0.239 e. The Morgan fingerprint density at radius 1 is 1.35 bits per heavy atom. The summed E-state index contributed by atoms with van der Waals surface area (Å²) in [5.74, 6) is 1.01. The lowest BCUT2D eigenvalue weighted by Gasteiger charge is -2.23. The largest absolute Gasteiger partial charge is 0.492 e. The van der Waals surface area contributed by atoms with Crippen LogP contribution in [-0.2, 0) is 4.79 Å². The Balaban J connectivity index is 2.28. The summed E-state index contributed by atoms with van der Waals surface area (Å²) in [6, 6.07) is 7.79. The molecule has 1 aromatic rings. The molecule has 0 heterocycles. The van der Waals surface area contributed by atoms with Crippen molar-refractivity contribution in [3.63, 3.8) is 0 Å². The predicted octanol–water partition coefficient (Wildman–Crippen LogP) is 2.22. The first-order chi connectivity index (χ1) is 9.58. The predicted molar refractivity (Wildman–Crippen MR) is 82.1 cm³/mol. The first-order valence-electron chi connectivity index (χ1n) is 7.30. The van der Waals surface area contributed by atoms with Gasteiger partial charge in [0.15, 0.2) is 0 Å². The summed E-state index contributed by atoms with van der Waals surface area (Å²) >= 11 is 0. The number of likely N-dealkylation sites (N-methyl/N-ethyl adjacent to an activating group) is 1. The monoisotopic (exact) mass is 278 g/mol. The highest BCUT2D eigenvalue weighted by Gasteiger charge is 2.16. The number of nitrogens with one attached hydrogen (secondary N) is 1. The van der Waals surface area contributed by atoms with Crippen molar-refractivity contribution in [1.82, 2.24) is 10.2 Å². The Morgan fingerprint density at radius 3 is 2.65 bits per heavy atom. The van der Waals surface area contributed by atoms with E-state index in [9.17, 15) is 4.79 Å². The average Bonchev–Trinajstić information content (AvgIpc) is 2.44. The van der Waals surface area contributed by atoms with E-state index in [0.717, 1.165) is 18.8 Å². The van der Waals surface area contributed by atoms with Gasteiger partial charge >= 0.3 is 0 Å². The molecule has 0 bridgehead atoms. The van der Waals surface area contributed by atoms with Gasteiger partial charge in [0.05, 0.1) is 6.04 Å². The second-order valence-electron chi connectivity index (χ2n) is 4.85. The summed E-state index contributed by atoms with van der Waals surface area (Å²) in [6.07, 6.45) is 0. The fraction of sp³-hybridized carbons (Fsp3) is 0.562. The van der Waals surface area contributed by atoms with Gasteiger partial charge in [0, 0.05) is 19.6 Å². The van der Waals surface area contributed by atoms with Crippen molar-refractivity contribution in [2.45, 2.75) is 33.7 Å². The first kappa shape index (κ1) is 16.5. The Kier molecular flexibility index (Phi) is 7.09. The molecule has 1 N–H and O–H groups in total. The number of hydrogen-bond donors (Lipinski definition) is 1. The summed E-state index contributed by atoms with van der Waals surface area (Å²) < 4.78 is 5.64. The van der Waals surface area contributed by atoms with Crippen molar-refractivity contribution in [3.8, 4) is 5.75 Å². The Hall–Kier alpha value is -1.55. The molecule has 0 aromatic heterocycles. The summed E-state index contributed by atoms with van der Waals surface area (Å²) in [6.45, 7) is 10.6. The smallest absolute Gasteiger partial charge is 0.239 e. The van der Waals surface area contributed by atoms with E-state index < -0.39 is 0 Å². The van der Waals surface area contributed by atoms with E-state index in [1.165, 1.54) is 5.56 Å². The van der Waals surface area contributed by atoms with Gasteiger partial charge in [-0.3, -0.25) is 4.79 Å². The molecule has 1 amide bonds. The highest BCUT2D eigenvalue weighted by molar-refractivity contribution is 5.81. The van der Waals surface area contributed by atoms with E-state index in [1.54, 1.807) is 0 Å². The molecule has 1 rings (SSSR count). The van der Waals surface area contributed by atoms with Gasteiger partial charge in [-0.15, -0.1) is 0 Å². The molecule has 20 heavy (non-hydrogen) atoms. The molecule has 0 spiro atoms. The van der Waals surface area contributed by atoms with E-state index in [0.29, 0.717) is 13.2 Å². The molecule has 0 fully saturated rings. The van der Waals surface area contributed by atoms with Crippen LogP contribution in [0.25, 0.3) is 0 Å². The molecule has 1 atom stereocenters. The van der Waals surface area contributed by atoms with Crippen molar-refractivity contribution in [2.75, 3.05) is 26.2 Å². The van der Waals surface area contributed by atoms with Crippen LogP contribution < -0.4 is 10.1 Å². The molecule has 0 aliphatic rings. The van der Waals surface area contributed by atoms with Gasteiger partial charge < -0.3 is 15.0 Å². The molecule has 0 radical (unpaired) electrons. The highest BCUT2D eigenvalue weighted by Crippen LogP contribution is 2.11. The number of benzene rings is 1. The van der Waals surface area contributed by atoms with E-state index in [1.807, 2.05) is 56.9 Å². The van der Waals surface area contributed by atoms with Crippen LogP contribution >= 0.6 is 0 Å². The zero-order valence-corrected chi connectivity index (χ0v) is 13.0. The Bertz CT molecular complexity index is 417. The molecule has 0 aliphatic carbocycles. The number of aryl methyl sites for hydroxylation is 1. The number of hydrogen-bond acceptors (Lipinski definition) is 3. The minimum Gasteiger partial charge on any atom is -0.492 e. The Labute approximate surface area is 122 Å². The first-order valence-corrected chi connectivity index (χ1v) is 7.30. The van der Waals surface area contributed by atoms with E-state index in [4.69, 9.17) is 4.74 Å². The fourth-order valence-corrected chi connectivity index (χ4v) is 2.05. The molecule has 4 heteroatoms. The molecule has 1 unspecified atom stereocenters. The second-order valence-corrected chi connectivity index (χ2v) is 4.85. The third-order valence-corrected chi connectivity index (χ3v) is 3.26. The van der Waals surface area contributed by atoms with E-state index in [2.05, 4.69) is 5.32 Å². The zero-order chi connectivity index (χ0) is 15.0. The van der Waals surface area contributed by atoms with Gasteiger partial charge in [-0.1, -0.05) is 12.1 Å². The van der Waals surface area contributed by atoms with Gasteiger partial charge in [-0.25, -0.2) is 0 Å². The van der Waals surface area contributed by atoms with Gasteiger partial charge in [-0.05, 0) is 45.4 Å². The van der Waals surface area contributed by atoms with Crippen LogP contribution in [0.2, 0.25) is 0 Å². The summed E-state index contributed by atoms with van der Waals surface area (Å²) in [4.78, 5) is 13.9. The Morgan fingerprint density at radius 2 is 2.05 bits per heavy atom. The number of nitrogens with zero attached hydrogens (tertiary/aromatic N) is 1. The summed E-state index contributed by atoms with van der Waals surface area (Å²) in [5.41, 5.74) is 1.18. The number of carbonyl (C=O) groups excluding carboxylic acids is 1. The third kappa shape index (κ3) is 5.21.